The number of anilines is 1. The number of halogens is 1. The summed E-state index contributed by atoms with van der Waals surface area (Å²) in [6, 6.07) is 15.0. The van der Waals surface area contributed by atoms with Gasteiger partial charge in [-0.1, -0.05) is 40.2 Å². The lowest BCUT2D eigenvalue weighted by Crippen LogP contribution is -2.31. The minimum absolute atomic E-state index is 0.00524. The molecule has 2 aromatic carbocycles. The zero-order valence-electron chi connectivity index (χ0n) is 15.5. The van der Waals surface area contributed by atoms with Crippen molar-refractivity contribution in [3.63, 3.8) is 0 Å². The van der Waals surface area contributed by atoms with E-state index in [1.807, 2.05) is 42.5 Å². The van der Waals surface area contributed by atoms with E-state index in [1.165, 1.54) is 11.7 Å². The third-order valence-electron chi connectivity index (χ3n) is 4.45. The van der Waals surface area contributed by atoms with Crippen molar-refractivity contribution in [1.29, 1.82) is 5.26 Å². The van der Waals surface area contributed by atoms with Crippen molar-refractivity contribution < 1.29 is 9.53 Å². The molecule has 0 unspecified atom stereocenters. The molecule has 1 amide bonds. The molecule has 0 aliphatic carbocycles. The van der Waals surface area contributed by atoms with Crippen LogP contribution in [0.2, 0.25) is 0 Å². The van der Waals surface area contributed by atoms with Crippen LogP contribution >= 0.6 is 15.9 Å². The summed E-state index contributed by atoms with van der Waals surface area (Å²) < 4.78 is 7.28. The van der Waals surface area contributed by atoms with Crippen LogP contribution in [0, 0.1) is 18.3 Å². The van der Waals surface area contributed by atoms with Crippen LogP contribution in [0.1, 0.15) is 16.8 Å². The van der Waals surface area contributed by atoms with Gasteiger partial charge in [0.25, 0.3) is 5.56 Å². The largest absolute Gasteiger partial charge is 0.380 e. The van der Waals surface area contributed by atoms with Gasteiger partial charge in [0.1, 0.15) is 18.2 Å². The highest BCUT2D eigenvalue weighted by Gasteiger charge is 2.15. The predicted molar refractivity (Wildman–Crippen MR) is 111 cm³/mol. The molecular weight excluding hydrogens is 422 g/mol. The van der Waals surface area contributed by atoms with Gasteiger partial charge in [0.05, 0.1) is 6.61 Å². The lowest BCUT2D eigenvalue weighted by Gasteiger charge is -2.14. The maximum Gasteiger partial charge on any atom is 0.269 e. The number of nitrogens with one attached hydrogen (secondary N) is 1. The summed E-state index contributed by atoms with van der Waals surface area (Å²) in [5.41, 5.74) is 1.26. The number of carbonyl (C=O) groups is 1. The fourth-order valence-corrected chi connectivity index (χ4v) is 3.60. The summed E-state index contributed by atoms with van der Waals surface area (Å²) in [6.45, 7) is 1.71. The molecule has 7 heteroatoms. The quantitative estimate of drug-likeness (QED) is 0.656. The van der Waals surface area contributed by atoms with Gasteiger partial charge in [0.2, 0.25) is 5.91 Å². The van der Waals surface area contributed by atoms with Crippen LogP contribution in [0.3, 0.4) is 0 Å². The Morgan fingerprint density at radius 3 is 2.64 bits per heavy atom. The second kappa shape index (κ2) is 8.38. The normalized spacial score (nSPS) is 10.6. The topological polar surface area (TPSA) is 84.1 Å². The summed E-state index contributed by atoms with van der Waals surface area (Å²) in [4.78, 5) is 25.3. The number of nitrogens with zero attached hydrogens (tertiary/aromatic N) is 2. The van der Waals surface area contributed by atoms with Crippen molar-refractivity contribution in [2.24, 2.45) is 0 Å². The standard InChI is InChI=1S/C21H18BrN3O3/c1-13-9-14(12-28-2)17(10-23)21(27)25(13)11-20(26)24-19-8-7-18(22)15-5-3-4-6-16(15)19/h3-9H,11-12H2,1-2H3,(H,24,26). The maximum atomic E-state index is 12.7. The number of pyridine rings is 1. The molecule has 28 heavy (non-hydrogen) atoms. The summed E-state index contributed by atoms with van der Waals surface area (Å²) in [6.07, 6.45) is 0. The minimum atomic E-state index is -0.495. The van der Waals surface area contributed by atoms with E-state index in [2.05, 4.69) is 21.2 Å². The van der Waals surface area contributed by atoms with E-state index in [4.69, 9.17) is 4.74 Å². The van der Waals surface area contributed by atoms with E-state index in [0.717, 1.165) is 15.2 Å². The summed E-state index contributed by atoms with van der Waals surface area (Å²) in [5, 5.41) is 14.1. The molecule has 3 aromatic rings. The first-order valence-electron chi connectivity index (χ1n) is 8.55. The van der Waals surface area contributed by atoms with E-state index in [1.54, 1.807) is 13.0 Å². The molecule has 6 nitrogen and oxygen atoms in total. The van der Waals surface area contributed by atoms with Gasteiger partial charge in [0.15, 0.2) is 0 Å². The Labute approximate surface area is 170 Å². The van der Waals surface area contributed by atoms with Crippen LogP contribution in [-0.2, 0) is 22.7 Å². The van der Waals surface area contributed by atoms with Crippen LogP contribution in [0.5, 0.6) is 0 Å². The molecule has 3 rings (SSSR count). The number of amides is 1. The fourth-order valence-electron chi connectivity index (χ4n) is 3.12. The number of methoxy groups -OCH3 is 1. The molecule has 1 heterocycles. The van der Waals surface area contributed by atoms with E-state index >= 15 is 0 Å². The maximum absolute atomic E-state index is 12.7. The molecule has 0 bridgehead atoms. The van der Waals surface area contributed by atoms with Crippen LogP contribution in [0.4, 0.5) is 5.69 Å². The SMILES string of the molecule is COCc1cc(C)n(CC(=O)Nc2ccc(Br)c3ccccc23)c(=O)c1C#N. The molecule has 0 fully saturated rings. The fraction of sp³-hybridized carbons (Fsp3) is 0.190. The molecule has 0 atom stereocenters. The minimum Gasteiger partial charge on any atom is -0.380 e. The highest BCUT2D eigenvalue weighted by Crippen LogP contribution is 2.29. The average molecular weight is 440 g/mol. The Hall–Kier alpha value is -2.95. The van der Waals surface area contributed by atoms with Gasteiger partial charge < -0.3 is 14.6 Å². The number of rotatable bonds is 5. The van der Waals surface area contributed by atoms with Gasteiger partial charge in [-0.2, -0.15) is 5.26 Å². The Kier molecular flexibility index (Phi) is 5.93. The number of aromatic nitrogens is 1. The van der Waals surface area contributed by atoms with Gasteiger partial charge >= 0.3 is 0 Å². The average Bonchev–Trinajstić information content (AvgIpc) is 2.68. The van der Waals surface area contributed by atoms with Crippen molar-refractivity contribution >= 4 is 38.3 Å². The van der Waals surface area contributed by atoms with Crippen LogP contribution in [-0.4, -0.2) is 17.6 Å². The summed E-state index contributed by atoms with van der Waals surface area (Å²) >= 11 is 3.51. The summed E-state index contributed by atoms with van der Waals surface area (Å²) in [5.74, 6) is -0.346. The number of fused-ring (bicyclic) bond motifs is 1. The second-order valence-electron chi connectivity index (χ2n) is 6.31. The van der Waals surface area contributed by atoms with Crippen molar-refractivity contribution in [2.45, 2.75) is 20.1 Å². The molecule has 0 aliphatic rings. The Morgan fingerprint density at radius 1 is 1.25 bits per heavy atom. The highest BCUT2D eigenvalue weighted by molar-refractivity contribution is 9.10. The van der Waals surface area contributed by atoms with Crippen LogP contribution in [0.25, 0.3) is 10.8 Å². The number of carbonyl (C=O) groups excluding carboxylic acids is 1. The van der Waals surface area contributed by atoms with E-state index in [0.29, 0.717) is 16.9 Å². The first kappa shape index (κ1) is 19.8. The molecule has 1 N–H and O–H groups in total. The van der Waals surface area contributed by atoms with E-state index < -0.39 is 5.56 Å². The lowest BCUT2D eigenvalue weighted by molar-refractivity contribution is -0.116. The van der Waals surface area contributed by atoms with Crippen molar-refractivity contribution in [3.8, 4) is 6.07 Å². The smallest absolute Gasteiger partial charge is 0.269 e. The molecule has 1 aromatic heterocycles. The molecular formula is C21H18BrN3O3. The predicted octanol–water partition coefficient (Wildman–Crippen LogP) is 3.73. The van der Waals surface area contributed by atoms with Crippen LogP contribution < -0.4 is 10.9 Å². The number of nitriles is 1. The van der Waals surface area contributed by atoms with E-state index in [9.17, 15) is 14.9 Å². The molecule has 0 aliphatic heterocycles. The summed E-state index contributed by atoms with van der Waals surface area (Å²) in [7, 11) is 1.50. The third kappa shape index (κ3) is 3.84. The van der Waals surface area contributed by atoms with E-state index in [-0.39, 0.29) is 24.6 Å². The monoisotopic (exact) mass is 439 g/mol. The number of hydrogen-bond acceptors (Lipinski definition) is 4. The molecule has 0 saturated heterocycles. The third-order valence-corrected chi connectivity index (χ3v) is 5.14. The Balaban J connectivity index is 1.92. The van der Waals surface area contributed by atoms with Crippen molar-refractivity contribution in [3.05, 3.63) is 74.1 Å². The first-order chi connectivity index (χ1) is 13.5. The van der Waals surface area contributed by atoms with Crippen molar-refractivity contribution in [2.75, 3.05) is 12.4 Å². The number of ether oxygens (including phenoxy) is 1. The number of aryl methyl sites for hydroxylation is 1. The zero-order valence-corrected chi connectivity index (χ0v) is 17.0. The van der Waals surface area contributed by atoms with Gasteiger partial charge in [0, 0.05) is 33.9 Å². The molecule has 0 spiro atoms. The number of hydrogen-bond donors (Lipinski definition) is 1. The molecule has 0 radical (unpaired) electrons. The molecule has 142 valence electrons. The first-order valence-corrected chi connectivity index (χ1v) is 9.35. The van der Waals surface area contributed by atoms with Gasteiger partial charge in [-0.25, -0.2) is 0 Å². The Bertz CT molecular complexity index is 1160. The van der Waals surface area contributed by atoms with Crippen LogP contribution in [0.15, 0.2) is 51.7 Å². The van der Waals surface area contributed by atoms with Gasteiger partial charge in [-0.15, -0.1) is 0 Å². The van der Waals surface area contributed by atoms with Gasteiger partial charge in [-0.3, -0.25) is 9.59 Å². The van der Waals surface area contributed by atoms with Crippen molar-refractivity contribution in [1.82, 2.24) is 4.57 Å². The highest BCUT2D eigenvalue weighted by atomic mass is 79.9. The lowest BCUT2D eigenvalue weighted by atomic mass is 10.1. The zero-order chi connectivity index (χ0) is 20.3. The second-order valence-corrected chi connectivity index (χ2v) is 7.17. The Morgan fingerprint density at radius 2 is 1.96 bits per heavy atom. The van der Waals surface area contributed by atoms with Gasteiger partial charge in [-0.05, 0) is 30.5 Å². The number of benzene rings is 2. The molecule has 0 saturated carbocycles.